The van der Waals surface area contributed by atoms with Gasteiger partial charge in [-0.05, 0) is 13.0 Å². The van der Waals surface area contributed by atoms with E-state index < -0.39 is 0 Å². The minimum atomic E-state index is 0.0422. The molecule has 0 radical (unpaired) electrons. The van der Waals surface area contributed by atoms with Crippen LogP contribution in [0, 0.1) is 0 Å². The van der Waals surface area contributed by atoms with Crippen LogP contribution in [-0.2, 0) is 9.53 Å². The van der Waals surface area contributed by atoms with Crippen molar-refractivity contribution in [1.29, 1.82) is 0 Å². The Morgan fingerprint density at radius 1 is 1.39 bits per heavy atom. The van der Waals surface area contributed by atoms with Gasteiger partial charge in [0.25, 0.3) is 0 Å². The summed E-state index contributed by atoms with van der Waals surface area (Å²) in [5.74, 6) is 2.11. The maximum Gasteiger partial charge on any atom is 0.240 e. The maximum absolute atomic E-state index is 12.3. The average Bonchev–Trinajstić information content (AvgIpc) is 2.82. The molecule has 2 aliphatic rings. The minimum absolute atomic E-state index is 0.0422. The van der Waals surface area contributed by atoms with Gasteiger partial charge in [0.1, 0.15) is 0 Å². The molecule has 18 heavy (non-hydrogen) atoms. The lowest BCUT2D eigenvalue weighted by molar-refractivity contribution is -0.132. The predicted octanol–water partition coefficient (Wildman–Crippen LogP) is -0.170. The standard InChI is InChI=1S/C12H23N3O2S/c1-17-8-7-14-3-2-4-15(6-5-14)12(16)11-9-18-10-13-11/h11,13H,2-10H2,1H3. The lowest BCUT2D eigenvalue weighted by Crippen LogP contribution is -2.46. The summed E-state index contributed by atoms with van der Waals surface area (Å²) in [6, 6.07) is 0.0422. The van der Waals surface area contributed by atoms with Crippen molar-refractivity contribution in [3.05, 3.63) is 0 Å². The molecule has 104 valence electrons. The van der Waals surface area contributed by atoms with E-state index in [0.29, 0.717) is 0 Å². The monoisotopic (exact) mass is 273 g/mol. The number of hydrogen-bond acceptors (Lipinski definition) is 5. The first-order valence-electron chi connectivity index (χ1n) is 6.62. The molecule has 1 unspecified atom stereocenters. The van der Waals surface area contributed by atoms with Crippen molar-refractivity contribution in [2.24, 2.45) is 0 Å². The molecule has 5 nitrogen and oxygen atoms in total. The highest BCUT2D eigenvalue weighted by Crippen LogP contribution is 2.13. The molecule has 2 heterocycles. The minimum Gasteiger partial charge on any atom is -0.383 e. The van der Waals surface area contributed by atoms with Gasteiger partial charge in [-0.25, -0.2) is 0 Å². The number of nitrogens with one attached hydrogen (secondary N) is 1. The van der Waals surface area contributed by atoms with E-state index in [0.717, 1.165) is 57.4 Å². The fourth-order valence-corrected chi connectivity index (χ4v) is 3.34. The van der Waals surface area contributed by atoms with Crippen LogP contribution in [0.15, 0.2) is 0 Å². The van der Waals surface area contributed by atoms with E-state index in [-0.39, 0.29) is 11.9 Å². The van der Waals surface area contributed by atoms with Crippen molar-refractivity contribution in [3.63, 3.8) is 0 Å². The topological polar surface area (TPSA) is 44.8 Å². The molecule has 2 aliphatic heterocycles. The first-order chi connectivity index (χ1) is 8.81. The first kappa shape index (κ1) is 14.1. The lowest BCUT2D eigenvalue weighted by atomic mass is 10.2. The molecular weight excluding hydrogens is 250 g/mol. The van der Waals surface area contributed by atoms with Crippen LogP contribution in [0.3, 0.4) is 0 Å². The van der Waals surface area contributed by atoms with Gasteiger partial charge in [0.05, 0.1) is 12.6 Å². The fourth-order valence-electron chi connectivity index (χ4n) is 2.41. The van der Waals surface area contributed by atoms with Crippen LogP contribution < -0.4 is 5.32 Å². The van der Waals surface area contributed by atoms with Gasteiger partial charge in [-0.2, -0.15) is 0 Å². The molecule has 0 saturated carbocycles. The molecule has 1 atom stereocenters. The largest absolute Gasteiger partial charge is 0.383 e. The SMILES string of the molecule is COCCN1CCCN(C(=O)C2CSCN2)CC1. The number of carbonyl (C=O) groups excluding carboxylic acids is 1. The summed E-state index contributed by atoms with van der Waals surface area (Å²) >= 11 is 1.81. The van der Waals surface area contributed by atoms with Crippen LogP contribution in [0.1, 0.15) is 6.42 Å². The third-order valence-electron chi connectivity index (χ3n) is 3.53. The predicted molar refractivity (Wildman–Crippen MR) is 73.8 cm³/mol. The Kier molecular flexibility index (Phi) is 5.75. The molecule has 2 rings (SSSR count). The van der Waals surface area contributed by atoms with E-state index in [1.165, 1.54) is 0 Å². The summed E-state index contributed by atoms with van der Waals surface area (Å²) < 4.78 is 5.11. The van der Waals surface area contributed by atoms with Gasteiger partial charge in [0, 0.05) is 44.9 Å². The molecule has 2 saturated heterocycles. The van der Waals surface area contributed by atoms with Crippen LogP contribution in [0.25, 0.3) is 0 Å². The molecule has 0 aromatic rings. The van der Waals surface area contributed by atoms with Crippen LogP contribution >= 0.6 is 11.8 Å². The number of hydrogen-bond donors (Lipinski definition) is 1. The maximum atomic E-state index is 12.3. The Hall–Kier alpha value is -0.300. The van der Waals surface area contributed by atoms with Gasteiger partial charge in [-0.15, -0.1) is 11.8 Å². The smallest absolute Gasteiger partial charge is 0.240 e. The number of rotatable bonds is 4. The Balaban J connectivity index is 1.78. The van der Waals surface area contributed by atoms with Crippen LogP contribution in [0.5, 0.6) is 0 Å². The number of thioether (sulfide) groups is 1. The molecule has 0 aromatic carbocycles. The van der Waals surface area contributed by atoms with Gasteiger partial charge in [0.15, 0.2) is 0 Å². The van der Waals surface area contributed by atoms with Crippen molar-refractivity contribution >= 4 is 17.7 Å². The van der Waals surface area contributed by atoms with Crippen molar-refractivity contribution < 1.29 is 9.53 Å². The van der Waals surface area contributed by atoms with E-state index in [1.807, 2.05) is 4.90 Å². The van der Waals surface area contributed by atoms with E-state index >= 15 is 0 Å². The Morgan fingerprint density at radius 3 is 3.00 bits per heavy atom. The number of amides is 1. The zero-order chi connectivity index (χ0) is 12.8. The van der Waals surface area contributed by atoms with Crippen molar-refractivity contribution in [2.75, 3.05) is 58.1 Å². The van der Waals surface area contributed by atoms with Crippen LogP contribution in [0.2, 0.25) is 0 Å². The summed E-state index contributed by atoms with van der Waals surface area (Å²) in [5.41, 5.74) is 0. The number of methoxy groups -OCH3 is 1. The second kappa shape index (κ2) is 7.33. The van der Waals surface area contributed by atoms with Gasteiger partial charge in [-0.3, -0.25) is 15.0 Å². The number of carbonyl (C=O) groups is 1. The molecular formula is C12H23N3O2S. The molecule has 0 spiro atoms. The third-order valence-corrected chi connectivity index (χ3v) is 4.47. The van der Waals surface area contributed by atoms with Crippen molar-refractivity contribution in [3.8, 4) is 0 Å². The molecule has 2 fully saturated rings. The Labute approximate surface area is 113 Å². The first-order valence-corrected chi connectivity index (χ1v) is 7.78. The van der Waals surface area contributed by atoms with Gasteiger partial charge in [-0.1, -0.05) is 0 Å². The van der Waals surface area contributed by atoms with E-state index in [1.54, 1.807) is 18.9 Å². The Morgan fingerprint density at radius 2 is 2.28 bits per heavy atom. The zero-order valence-corrected chi connectivity index (χ0v) is 11.9. The molecule has 1 N–H and O–H groups in total. The quantitative estimate of drug-likeness (QED) is 0.770. The third kappa shape index (κ3) is 3.85. The number of nitrogens with zero attached hydrogens (tertiary/aromatic N) is 2. The van der Waals surface area contributed by atoms with Gasteiger partial charge >= 0.3 is 0 Å². The average molecular weight is 273 g/mol. The van der Waals surface area contributed by atoms with Crippen molar-refractivity contribution in [2.45, 2.75) is 12.5 Å². The molecule has 0 aromatic heterocycles. The summed E-state index contributed by atoms with van der Waals surface area (Å²) in [6.45, 7) is 5.52. The molecule has 0 bridgehead atoms. The molecule has 6 heteroatoms. The molecule has 0 aliphatic carbocycles. The van der Waals surface area contributed by atoms with Crippen LogP contribution in [-0.4, -0.2) is 79.8 Å². The number of ether oxygens (including phenoxy) is 1. The second-order valence-corrected chi connectivity index (χ2v) is 5.82. The van der Waals surface area contributed by atoms with E-state index in [9.17, 15) is 4.79 Å². The highest BCUT2D eigenvalue weighted by atomic mass is 32.2. The van der Waals surface area contributed by atoms with Gasteiger partial charge in [0.2, 0.25) is 5.91 Å². The fraction of sp³-hybridized carbons (Fsp3) is 0.917. The van der Waals surface area contributed by atoms with E-state index in [4.69, 9.17) is 4.74 Å². The van der Waals surface area contributed by atoms with Gasteiger partial charge < -0.3 is 9.64 Å². The summed E-state index contributed by atoms with van der Waals surface area (Å²) in [4.78, 5) is 16.7. The van der Waals surface area contributed by atoms with Crippen molar-refractivity contribution in [1.82, 2.24) is 15.1 Å². The summed E-state index contributed by atoms with van der Waals surface area (Å²) in [7, 11) is 1.73. The summed E-state index contributed by atoms with van der Waals surface area (Å²) in [5, 5.41) is 3.26. The van der Waals surface area contributed by atoms with Crippen LogP contribution in [0.4, 0.5) is 0 Å². The zero-order valence-electron chi connectivity index (χ0n) is 11.1. The molecule has 1 amide bonds. The summed E-state index contributed by atoms with van der Waals surface area (Å²) in [6.07, 6.45) is 1.06. The Bertz CT molecular complexity index is 272. The highest BCUT2D eigenvalue weighted by molar-refractivity contribution is 7.99. The normalized spacial score (nSPS) is 26.3. The lowest BCUT2D eigenvalue weighted by Gasteiger charge is -2.24. The van der Waals surface area contributed by atoms with E-state index in [2.05, 4.69) is 10.2 Å². The second-order valence-electron chi connectivity index (χ2n) is 4.79. The highest BCUT2D eigenvalue weighted by Gasteiger charge is 2.28.